The molecule has 7 nitrogen and oxygen atoms in total. The third kappa shape index (κ3) is 2.40. The maximum Gasteiger partial charge on any atom is 0.257 e. The van der Waals surface area contributed by atoms with E-state index in [1.165, 1.54) is 17.7 Å². The van der Waals surface area contributed by atoms with Crippen molar-refractivity contribution in [1.82, 2.24) is 9.80 Å². The van der Waals surface area contributed by atoms with E-state index in [0.717, 1.165) is 49.4 Å². The number of benzene rings is 1. The minimum Gasteiger partial charge on any atom is -0.504 e. The number of carbonyl (C=O) groups is 2. The van der Waals surface area contributed by atoms with E-state index in [4.69, 9.17) is 4.74 Å². The Morgan fingerprint density at radius 3 is 2.49 bits per heavy atom. The molecule has 2 bridgehead atoms. The van der Waals surface area contributed by atoms with Crippen LogP contribution in [0.15, 0.2) is 23.3 Å². The van der Waals surface area contributed by atoms with Crippen molar-refractivity contribution in [3.05, 3.63) is 34.4 Å². The molecule has 8 rings (SSSR count). The van der Waals surface area contributed by atoms with Gasteiger partial charge < -0.3 is 14.9 Å². The fraction of sp³-hybridized carbons (Fsp3) is 0.643. The van der Waals surface area contributed by atoms with E-state index in [0.29, 0.717) is 49.0 Å². The van der Waals surface area contributed by atoms with E-state index in [2.05, 4.69) is 4.90 Å². The topological polar surface area (TPSA) is 90.3 Å². The fourth-order valence-corrected chi connectivity index (χ4v) is 8.78. The number of aromatic hydroxyl groups is 1. The van der Waals surface area contributed by atoms with E-state index >= 15 is 0 Å². The number of aliphatic hydroxyl groups is 1. The molecule has 35 heavy (non-hydrogen) atoms. The number of likely N-dealkylation sites (tertiary alicyclic amines) is 1. The Morgan fingerprint density at radius 1 is 1.03 bits per heavy atom. The quantitative estimate of drug-likeness (QED) is 0.652. The molecule has 5 atom stereocenters. The summed E-state index contributed by atoms with van der Waals surface area (Å²) in [5.41, 5.74) is 1.73. The minimum atomic E-state index is -1.01. The largest absolute Gasteiger partial charge is 0.504 e. The molecule has 1 aromatic carbocycles. The molecule has 7 heteroatoms. The lowest BCUT2D eigenvalue weighted by atomic mass is 9.48. The van der Waals surface area contributed by atoms with Gasteiger partial charge in [0.05, 0.1) is 17.1 Å². The number of ether oxygens (including phenoxy) is 1. The Balaban J connectivity index is 1.26. The van der Waals surface area contributed by atoms with Crippen LogP contribution in [0.1, 0.15) is 68.9 Å². The normalized spacial score (nSPS) is 39.6. The zero-order chi connectivity index (χ0) is 23.7. The van der Waals surface area contributed by atoms with Crippen molar-refractivity contribution in [2.45, 2.75) is 93.4 Å². The smallest absolute Gasteiger partial charge is 0.257 e. The van der Waals surface area contributed by atoms with Gasteiger partial charge in [-0.1, -0.05) is 6.07 Å². The maximum atomic E-state index is 13.5. The summed E-state index contributed by atoms with van der Waals surface area (Å²) < 4.78 is 6.59. The number of nitrogens with zero attached hydrogens (tertiary/aromatic N) is 2. The summed E-state index contributed by atoms with van der Waals surface area (Å²) in [6.07, 6.45) is 7.74. The second-order valence-corrected chi connectivity index (χ2v) is 12.0. The molecule has 1 aromatic rings. The molecule has 2 amide bonds. The number of phenolic OH excluding ortho intramolecular Hbond substituents is 1. The number of rotatable bonds is 3. The van der Waals surface area contributed by atoms with E-state index in [1.54, 1.807) is 6.07 Å². The summed E-state index contributed by atoms with van der Waals surface area (Å²) in [6.45, 7) is 1.89. The first kappa shape index (κ1) is 20.8. The van der Waals surface area contributed by atoms with Gasteiger partial charge in [0.1, 0.15) is 6.10 Å². The SMILES string of the molecule is O=C1C2=C(CCCC2)C(=O)N1C1CC[C@@]2(O)[C@@H]3Cc4ccc(O)c5c4[C@@]2(CCN3CC2CC2)[C@H]1O5. The van der Waals surface area contributed by atoms with Crippen molar-refractivity contribution >= 4 is 11.8 Å². The van der Waals surface area contributed by atoms with Crippen molar-refractivity contribution in [1.29, 1.82) is 0 Å². The molecule has 2 N–H and O–H groups in total. The Kier molecular flexibility index (Phi) is 3.97. The number of hydrogen-bond donors (Lipinski definition) is 2. The highest BCUT2D eigenvalue weighted by atomic mass is 16.5. The van der Waals surface area contributed by atoms with Gasteiger partial charge in [0.15, 0.2) is 11.5 Å². The summed E-state index contributed by atoms with van der Waals surface area (Å²) in [5.74, 6) is 0.972. The van der Waals surface area contributed by atoms with Crippen molar-refractivity contribution in [2.24, 2.45) is 5.92 Å². The third-order valence-electron chi connectivity index (χ3n) is 10.5. The first-order chi connectivity index (χ1) is 16.9. The molecule has 7 aliphatic rings. The van der Waals surface area contributed by atoms with Gasteiger partial charge in [0.2, 0.25) is 0 Å². The second-order valence-electron chi connectivity index (χ2n) is 12.0. The highest BCUT2D eigenvalue weighted by Crippen LogP contribution is 2.66. The third-order valence-corrected chi connectivity index (χ3v) is 10.5. The van der Waals surface area contributed by atoms with Crippen molar-refractivity contribution in [3.8, 4) is 11.5 Å². The molecular formula is C28H32N2O5. The molecular weight excluding hydrogens is 444 g/mol. The van der Waals surface area contributed by atoms with Gasteiger partial charge in [0, 0.05) is 29.3 Å². The van der Waals surface area contributed by atoms with Crippen molar-refractivity contribution in [2.75, 3.05) is 13.1 Å². The van der Waals surface area contributed by atoms with Crippen LogP contribution in [0.3, 0.4) is 0 Å². The van der Waals surface area contributed by atoms with Crippen LogP contribution in [-0.4, -0.2) is 68.7 Å². The van der Waals surface area contributed by atoms with Crippen molar-refractivity contribution < 1.29 is 24.5 Å². The number of hydrogen-bond acceptors (Lipinski definition) is 6. The highest BCUT2D eigenvalue weighted by Gasteiger charge is 2.74. The monoisotopic (exact) mass is 476 g/mol. The van der Waals surface area contributed by atoms with Gasteiger partial charge in [-0.3, -0.25) is 19.4 Å². The van der Waals surface area contributed by atoms with Gasteiger partial charge >= 0.3 is 0 Å². The van der Waals surface area contributed by atoms with Crippen LogP contribution in [0.4, 0.5) is 0 Å². The zero-order valence-corrected chi connectivity index (χ0v) is 20.0. The van der Waals surface area contributed by atoms with Gasteiger partial charge in [0.25, 0.3) is 11.8 Å². The molecule has 0 radical (unpaired) electrons. The number of carbonyl (C=O) groups excluding carboxylic acids is 2. The number of piperidine rings is 1. The van der Waals surface area contributed by atoms with Crippen LogP contribution in [0.25, 0.3) is 0 Å². The molecule has 184 valence electrons. The standard InChI is InChI=1S/C28H32N2O5/c31-20-8-7-16-13-21-28(34)10-9-19(30-25(32)17-3-1-2-4-18(17)26(30)33)24-27(28,22(16)23(20)35-24)11-12-29(21)14-15-5-6-15/h7-8,15,19,21,24,31,34H,1-6,9-14H2/t19?,21-,24-,27-,28+/m0/s1. The van der Waals surface area contributed by atoms with E-state index in [1.807, 2.05) is 6.07 Å². The molecule has 1 saturated heterocycles. The summed E-state index contributed by atoms with van der Waals surface area (Å²) in [5, 5.41) is 23.4. The molecule has 1 unspecified atom stereocenters. The van der Waals surface area contributed by atoms with Gasteiger partial charge in [-0.2, -0.15) is 0 Å². The molecule has 3 aliphatic heterocycles. The molecule has 3 fully saturated rings. The summed E-state index contributed by atoms with van der Waals surface area (Å²) in [6, 6.07) is 3.25. The molecule has 2 saturated carbocycles. The lowest BCUT2D eigenvalue weighted by Gasteiger charge is -2.64. The predicted molar refractivity (Wildman–Crippen MR) is 126 cm³/mol. The summed E-state index contributed by atoms with van der Waals surface area (Å²) >= 11 is 0. The van der Waals surface area contributed by atoms with E-state index < -0.39 is 23.2 Å². The minimum absolute atomic E-state index is 0.0109. The molecule has 4 aliphatic carbocycles. The average molecular weight is 477 g/mol. The van der Waals surface area contributed by atoms with Crippen LogP contribution in [-0.2, 0) is 21.4 Å². The lowest BCUT2D eigenvalue weighted by Crippen LogP contribution is -2.78. The Labute approximate surface area is 204 Å². The molecule has 1 spiro atoms. The first-order valence-corrected chi connectivity index (χ1v) is 13.5. The van der Waals surface area contributed by atoms with Crippen LogP contribution < -0.4 is 4.74 Å². The van der Waals surface area contributed by atoms with E-state index in [-0.39, 0.29) is 23.6 Å². The molecule has 3 heterocycles. The van der Waals surface area contributed by atoms with E-state index in [9.17, 15) is 19.8 Å². The lowest BCUT2D eigenvalue weighted by molar-refractivity contribution is -0.201. The van der Waals surface area contributed by atoms with Gasteiger partial charge in [-0.15, -0.1) is 0 Å². The summed E-state index contributed by atoms with van der Waals surface area (Å²) in [7, 11) is 0. The van der Waals surface area contributed by atoms with Gasteiger partial charge in [-0.25, -0.2) is 0 Å². The number of amides is 2. The zero-order valence-electron chi connectivity index (χ0n) is 20.0. The summed E-state index contributed by atoms with van der Waals surface area (Å²) in [4.78, 5) is 31.1. The van der Waals surface area contributed by atoms with Crippen LogP contribution >= 0.6 is 0 Å². The number of imide groups is 1. The van der Waals surface area contributed by atoms with Crippen LogP contribution in [0.2, 0.25) is 0 Å². The van der Waals surface area contributed by atoms with Crippen molar-refractivity contribution in [3.63, 3.8) is 0 Å². The first-order valence-electron chi connectivity index (χ1n) is 13.5. The highest BCUT2D eigenvalue weighted by molar-refractivity contribution is 6.19. The Bertz CT molecular complexity index is 1190. The fourth-order valence-electron chi connectivity index (χ4n) is 8.78. The van der Waals surface area contributed by atoms with Crippen LogP contribution in [0, 0.1) is 5.92 Å². The number of phenols is 1. The average Bonchev–Trinajstić information content (AvgIpc) is 3.54. The molecule has 0 aromatic heterocycles. The maximum absolute atomic E-state index is 13.5. The van der Waals surface area contributed by atoms with Gasteiger partial charge in [-0.05, 0) is 88.3 Å². The Morgan fingerprint density at radius 2 is 1.77 bits per heavy atom. The second kappa shape index (κ2) is 6.68. The predicted octanol–water partition coefficient (Wildman–Crippen LogP) is 2.56. The Hall–Kier alpha value is -2.38. The van der Waals surface area contributed by atoms with Crippen LogP contribution in [0.5, 0.6) is 11.5 Å².